The quantitative estimate of drug-likeness (QED) is 0.604. The maximum Gasteiger partial charge on any atom is 0.0513 e. The van der Waals surface area contributed by atoms with E-state index in [0.717, 1.165) is 19.6 Å². The first kappa shape index (κ1) is 11.6. The van der Waals surface area contributed by atoms with Crippen LogP contribution in [-0.4, -0.2) is 13.2 Å². The minimum Gasteiger partial charge on any atom is -0.381 e. The number of ether oxygens (including phenoxy) is 1. The average molecular weight is 220 g/mol. The van der Waals surface area contributed by atoms with E-state index in [2.05, 4.69) is 36.6 Å². The van der Waals surface area contributed by atoms with Gasteiger partial charge in [-0.05, 0) is 30.9 Å². The normalized spacial score (nSPS) is 23.0. The Morgan fingerprint density at radius 2 is 2.25 bits per heavy atom. The summed E-state index contributed by atoms with van der Waals surface area (Å²) in [6, 6.07) is 8.61. The number of benzene rings is 1. The molecule has 1 aromatic rings. The maximum absolute atomic E-state index is 5.70. The summed E-state index contributed by atoms with van der Waals surface area (Å²) in [5, 5.41) is 0. The van der Waals surface area contributed by atoms with Crippen molar-refractivity contribution < 1.29 is 4.74 Å². The number of hydrogen-bond acceptors (Lipinski definition) is 3. The van der Waals surface area contributed by atoms with Crippen molar-refractivity contribution in [1.82, 2.24) is 5.43 Å². The Bertz CT molecular complexity index is 334. The Morgan fingerprint density at radius 3 is 2.88 bits per heavy atom. The summed E-state index contributed by atoms with van der Waals surface area (Å²) in [7, 11) is 0. The largest absolute Gasteiger partial charge is 0.381 e. The van der Waals surface area contributed by atoms with Crippen molar-refractivity contribution in [3.8, 4) is 0 Å². The Balaban J connectivity index is 2.18. The van der Waals surface area contributed by atoms with E-state index in [0.29, 0.717) is 5.92 Å². The molecule has 2 rings (SSSR count). The molecular weight excluding hydrogens is 200 g/mol. The van der Waals surface area contributed by atoms with E-state index >= 15 is 0 Å². The highest BCUT2D eigenvalue weighted by Crippen LogP contribution is 2.29. The predicted octanol–water partition coefficient (Wildman–Crippen LogP) is 1.93. The third-order valence-electron chi connectivity index (χ3n) is 3.37. The predicted molar refractivity (Wildman–Crippen MR) is 64.8 cm³/mol. The first-order valence-electron chi connectivity index (χ1n) is 5.92. The van der Waals surface area contributed by atoms with Gasteiger partial charge in [0, 0.05) is 12.5 Å². The van der Waals surface area contributed by atoms with Gasteiger partial charge in [-0.3, -0.25) is 11.3 Å². The summed E-state index contributed by atoms with van der Waals surface area (Å²) in [6.45, 7) is 3.83. The lowest BCUT2D eigenvalue weighted by atomic mass is 9.87. The van der Waals surface area contributed by atoms with Crippen LogP contribution in [-0.2, 0) is 4.74 Å². The van der Waals surface area contributed by atoms with E-state index in [4.69, 9.17) is 10.6 Å². The first-order valence-corrected chi connectivity index (χ1v) is 5.92. The molecule has 1 aliphatic heterocycles. The summed E-state index contributed by atoms with van der Waals surface area (Å²) >= 11 is 0. The lowest BCUT2D eigenvalue weighted by Crippen LogP contribution is -2.37. The Kier molecular flexibility index (Phi) is 3.93. The number of hydrogen-bond donors (Lipinski definition) is 2. The second kappa shape index (κ2) is 5.43. The van der Waals surface area contributed by atoms with Crippen LogP contribution in [0.3, 0.4) is 0 Å². The fourth-order valence-electron chi connectivity index (χ4n) is 2.44. The van der Waals surface area contributed by atoms with E-state index in [9.17, 15) is 0 Å². The van der Waals surface area contributed by atoms with Gasteiger partial charge in [-0.2, -0.15) is 0 Å². The summed E-state index contributed by atoms with van der Waals surface area (Å²) in [4.78, 5) is 0. The molecule has 0 aliphatic carbocycles. The SMILES string of the molecule is Cc1ccccc1C(NN)C1CCCOC1. The lowest BCUT2D eigenvalue weighted by molar-refractivity contribution is 0.0389. The molecule has 1 aliphatic rings. The minimum absolute atomic E-state index is 0.210. The highest BCUT2D eigenvalue weighted by molar-refractivity contribution is 5.29. The molecule has 1 aromatic carbocycles. The van der Waals surface area contributed by atoms with Gasteiger partial charge in [0.15, 0.2) is 0 Å². The van der Waals surface area contributed by atoms with Crippen LogP contribution in [0.2, 0.25) is 0 Å². The highest BCUT2D eigenvalue weighted by Gasteiger charge is 2.25. The second-order valence-electron chi connectivity index (χ2n) is 4.48. The van der Waals surface area contributed by atoms with Crippen molar-refractivity contribution in [3.05, 3.63) is 35.4 Å². The fourth-order valence-corrected chi connectivity index (χ4v) is 2.44. The zero-order valence-corrected chi connectivity index (χ0v) is 9.78. The van der Waals surface area contributed by atoms with Gasteiger partial charge >= 0.3 is 0 Å². The number of nitrogens with two attached hydrogens (primary N) is 1. The molecule has 0 saturated carbocycles. The van der Waals surface area contributed by atoms with Gasteiger partial charge in [0.25, 0.3) is 0 Å². The number of nitrogens with one attached hydrogen (secondary N) is 1. The zero-order valence-electron chi connectivity index (χ0n) is 9.78. The van der Waals surface area contributed by atoms with Gasteiger partial charge in [0.2, 0.25) is 0 Å². The molecule has 16 heavy (non-hydrogen) atoms. The molecule has 3 heteroatoms. The molecule has 1 saturated heterocycles. The maximum atomic E-state index is 5.70. The van der Waals surface area contributed by atoms with Gasteiger partial charge in [-0.25, -0.2) is 0 Å². The average Bonchev–Trinajstić information content (AvgIpc) is 2.34. The topological polar surface area (TPSA) is 47.3 Å². The third kappa shape index (κ3) is 2.43. The van der Waals surface area contributed by atoms with Gasteiger partial charge in [-0.1, -0.05) is 24.3 Å². The van der Waals surface area contributed by atoms with Crippen LogP contribution >= 0.6 is 0 Å². The monoisotopic (exact) mass is 220 g/mol. The standard InChI is InChI=1S/C13H20N2O/c1-10-5-2-3-7-12(10)13(15-14)11-6-4-8-16-9-11/h2-3,5,7,11,13,15H,4,6,8-9,14H2,1H3. The molecule has 1 heterocycles. The number of rotatable bonds is 3. The van der Waals surface area contributed by atoms with E-state index < -0.39 is 0 Å². The first-order chi connectivity index (χ1) is 7.83. The second-order valence-corrected chi connectivity index (χ2v) is 4.48. The van der Waals surface area contributed by atoms with E-state index in [1.807, 2.05) is 0 Å². The third-order valence-corrected chi connectivity index (χ3v) is 3.37. The molecular formula is C13H20N2O. The molecule has 3 nitrogen and oxygen atoms in total. The van der Waals surface area contributed by atoms with Crippen molar-refractivity contribution in [2.45, 2.75) is 25.8 Å². The van der Waals surface area contributed by atoms with E-state index in [-0.39, 0.29) is 6.04 Å². The minimum atomic E-state index is 0.210. The van der Waals surface area contributed by atoms with Crippen molar-refractivity contribution >= 4 is 0 Å². The van der Waals surface area contributed by atoms with Crippen LogP contribution in [0.5, 0.6) is 0 Å². The zero-order chi connectivity index (χ0) is 11.4. The Hall–Kier alpha value is -0.900. The van der Waals surface area contributed by atoms with Crippen LogP contribution in [0.25, 0.3) is 0 Å². The summed E-state index contributed by atoms with van der Waals surface area (Å²) in [6.07, 6.45) is 2.32. The van der Waals surface area contributed by atoms with Crippen LogP contribution < -0.4 is 11.3 Å². The molecule has 0 amide bonds. The molecule has 2 unspecified atom stereocenters. The molecule has 0 aromatic heterocycles. The smallest absolute Gasteiger partial charge is 0.0513 e. The molecule has 3 N–H and O–H groups in total. The van der Waals surface area contributed by atoms with Crippen LogP contribution in [0.1, 0.15) is 30.0 Å². The highest BCUT2D eigenvalue weighted by atomic mass is 16.5. The summed E-state index contributed by atoms with van der Waals surface area (Å²) < 4.78 is 5.53. The number of aryl methyl sites for hydroxylation is 1. The summed E-state index contributed by atoms with van der Waals surface area (Å²) in [5.41, 5.74) is 5.53. The van der Waals surface area contributed by atoms with Crippen LogP contribution in [0.15, 0.2) is 24.3 Å². The van der Waals surface area contributed by atoms with Crippen LogP contribution in [0, 0.1) is 12.8 Å². The van der Waals surface area contributed by atoms with Crippen molar-refractivity contribution in [3.63, 3.8) is 0 Å². The van der Waals surface area contributed by atoms with Crippen molar-refractivity contribution in [1.29, 1.82) is 0 Å². The van der Waals surface area contributed by atoms with Gasteiger partial charge in [-0.15, -0.1) is 0 Å². The Morgan fingerprint density at radius 1 is 1.44 bits per heavy atom. The molecule has 0 spiro atoms. The van der Waals surface area contributed by atoms with E-state index in [1.54, 1.807) is 0 Å². The Labute approximate surface area is 97.0 Å². The van der Waals surface area contributed by atoms with Gasteiger partial charge in [0.05, 0.1) is 12.6 Å². The molecule has 0 radical (unpaired) electrons. The fraction of sp³-hybridized carbons (Fsp3) is 0.538. The van der Waals surface area contributed by atoms with Crippen molar-refractivity contribution in [2.75, 3.05) is 13.2 Å². The molecule has 0 bridgehead atoms. The van der Waals surface area contributed by atoms with Crippen molar-refractivity contribution in [2.24, 2.45) is 11.8 Å². The van der Waals surface area contributed by atoms with E-state index in [1.165, 1.54) is 17.5 Å². The van der Waals surface area contributed by atoms with Gasteiger partial charge < -0.3 is 4.74 Å². The molecule has 1 fully saturated rings. The lowest BCUT2D eigenvalue weighted by Gasteiger charge is -2.30. The molecule has 88 valence electrons. The number of hydrazine groups is 1. The molecule has 2 atom stereocenters. The van der Waals surface area contributed by atoms with Crippen LogP contribution in [0.4, 0.5) is 0 Å². The summed E-state index contributed by atoms with van der Waals surface area (Å²) in [5.74, 6) is 6.18. The van der Waals surface area contributed by atoms with Gasteiger partial charge in [0.1, 0.15) is 0 Å².